The summed E-state index contributed by atoms with van der Waals surface area (Å²) in [4.78, 5) is 26.3. The molecule has 32 heavy (non-hydrogen) atoms. The second-order valence-electron chi connectivity index (χ2n) is 7.22. The Hall–Kier alpha value is -2.92. The molecule has 2 N–H and O–H groups in total. The minimum absolute atomic E-state index is 0.0708. The van der Waals surface area contributed by atoms with E-state index in [1.165, 1.54) is 11.3 Å². The lowest BCUT2D eigenvalue weighted by Crippen LogP contribution is -2.32. The summed E-state index contributed by atoms with van der Waals surface area (Å²) in [6.45, 7) is 3.36. The molecule has 1 aliphatic rings. The lowest BCUT2D eigenvalue weighted by atomic mass is 10.1. The van der Waals surface area contributed by atoms with Crippen LogP contribution in [0.1, 0.15) is 17.7 Å². The van der Waals surface area contributed by atoms with Gasteiger partial charge in [-0.25, -0.2) is 15.0 Å². The van der Waals surface area contributed by atoms with Gasteiger partial charge in [0.15, 0.2) is 5.13 Å². The van der Waals surface area contributed by atoms with Crippen LogP contribution >= 0.6 is 22.9 Å². The number of carbonyl (C=O) groups excluding carboxylic acids is 1. The number of amides is 1. The van der Waals surface area contributed by atoms with Crippen LogP contribution in [0.15, 0.2) is 30.5 Å². The normalized spacial score (nSPS) is 14.8. The minimum Gasteiger partial charge on any atom is -0.354 e. The number of hydrogen-bond donors (Lipinski definition) is 2. The molecule has 1 aliphatic heterocycles. The molecule has 0 unspecified atom stereocenters. The van der Waals surface area contributed by atoms with Crippen LogP contribution in [0.5, 0.6) is 0 Å². The maximum atomic E-state index is 12.9. The van der Waals surface area contributed by atoms with Crippen LogP contribution in [-0.4, -0.2) is 40.5 Å². The van der Waals surface area contributed by atoms with Crippen molar-refractivity contribution < 1.29 is 18.0 Å². The number of hydrogen-bond acceptors (Lipinski definition) is 7. The summed E-state index contributed by atoms with van der Waals surface area (Å²) in [6, 6.07) is 6.22. The van der Waals surface area contributed by atoms with Crippen molar-refractivity contribution in [2.75, 3.05) is 29.9 Å². The highest BCUT2D eigenvalue weighted by Crippen LogP contribution is 2.39. The van der Waals surface area contributed by atoms with Crippen LogP contribution in [0.25, 0.3) is 10.4 Å². The van der Waals surface area contributed by atoms with E-state index in [1.54, 1.807) is 12.1 Å². The molecule has 0 spiro atoms. The first-order valence-electron chi connectivity index (χ1n) is 9.66. The zero-order chi connectivity index (χ0) is 22.9. The molecule has 0 atom stereocenters. The average molecular weight is 483 g/mol. The summed E-state index contributed by atoms with van der Waals surface area (Å²) >= 11 is 7.77. The van der Waals surface area contributed by atoms with E-state index in [1.807, 2.05) is 17.9 Å². The third-order valence-electron chi connectivity index (χ3n) is 4.65. The summed E-state index contributed by atoms with van der Waals surface area (Å²) in [5.41, 5.74) is 1.09. The van der Waals surface area contributed by atoms with E-state index in [0.29, 0.717) is 33.9 Å². The Labute approximate surface area is 190 Å². The van der Waals surface area contributed by atoms with Crippen LogP contribution in [0.2, 0.25) is 5.15 Å². The molecule has 1 aromatic carbocycles. The number of carbonyl (C=O) groups is 1. The number of anilines is 3. The highest BCUT2D eigenvalue weighted by Gasteiger charge is 2.32. The van der Waals surface area contributed by atoms with Gasteiger partial charge in [0.2, 0.25) is 11.9 Å². The second-order valence-corrected chi connectivity index (χ2v) is 8.55. The number of aryl methyl sites for hydroxylation is 1. The third kappa shape index (κ3) is 5.10. The maximum absolute atomic E-state index is 12.9. The first-order chi connectivity index (χ1) is 15.2. The molecule has 3 heterocycles. The highest BCUT2D eigenvalue weighted by atomic mass is 35.5. The van der Waals surface area contributed by atoms with Gasteiger partial charge in [0, 0.05) is 25.0 Å². The Balaban J connectivity index is 1.62. The summed E-state index contributed by atoms with van der Waals surface area (Å²) in [5.74, 6) is -0.235. The fourth-order valence-electron chi connectivity index (χ4n) is 3.27. The van der Waals surface area contributed by atoms with Crippen molar-refractivity contribution in [2.24, 2.45) is 0 Å². The molecule has 3 aromatic rings. The largest absolute Gasteiger partial charge is 0.433 e. The summed E-state index contributed by atoms with van der Waals surface area (Å²) in [7, 11) is 0. The number of alkyl halides is 3. The molecule has 0 saturated carbocycles. The van der Waals surface area contributed by atoms with Crippen molar-refractivity contribution in [3.8, 4) is 10.4 Å². The number of aromatic nitrogens is 3. The van der Waals surface area contributed by atoms with E-state index >= 15 is 0 Å². The Kier molecular flexibility index (Phi) is 6.20. The van der Waals surface area contributed by atoms with Crippen molar-refractivity contribution in [3.63, 3.8) is 0 Å². The number of benzene rings is 1. The van der Waals surface area contributed by atoms with Crippen molar-refractivity contribution in [2.45, 2.75) is 19.5 Å². The lowest BCUT2D eigenvalue weighted by Gasteiger charge is -2.17. The predicted molar refractivity (Wildman–Crippen MR) is 117 cm³/mol. The molecular weight excluding hydrogens is 465 g/mol. The van der Waals surface area contributed by atoms with Gasteiger partial charge in [0.25, 0.3) is 0 Å². The van der Waals surface area contributed by atoms with Gasteiger partial charge >= 0.3 is 6.18 Å². The molecule has 0 radical (unpaired) electrons. The molecule has 1 amide bonds. The number of thiazole rings is 1. The Bertz CT molecular complexity index is 1150. The third-order valence-corrected chi connectivity index (χ3v) is 6.20. The standard InChI is InChI=1S/C20H18ClF3N6OS/c1-11-7-12(9-13(8-11)27-18-26-5-3-14(28-18)20(22,23)24)16-17(21)29-19(32-16)30-6-2-4-25-15(31)10-30/h3,5,7-9H,2,4,6,10H2,1H3,(H,25,31)(H,26,27,28). The minimum atomic E-state index is -4.56. The van der Waals surface area contributed by atoms with Crippen molar-refractivity contribution in [1.29, 1.82) is 0 Å². The molecule has 0 aliphatic carbocycles. The van der Waals surface area contributed by atoms with E-state index in [9.17, 15) is 18.0 Å². The topological polar surface area (TPSA) is 83.0 Å². The van der Waals surface area contributed by atoms with Gasteiger partial charge in [0.1, 0.15) is 10.8 Å². The fraction of sp³-hybridized carbons (Fsp3) is 0.300. The monoisotopic (exact) mass is 482 g/mol. The Morgan fingerprint density at radius 2 is 2.06 bits per heavy atom. The molecule has 4 rings (SSSR count). The molecule has 168 valence electrons. The number of rotatable bonds is 4. The summed E-state index contributed by atoms with van der Waals surface area (Å²) in [6.07, 6.45) is -2.71. The van der Waals surface area contributed by atoms with Gasteiger partial charge < -0.3 is 15.5 Å². The molecule has 1 fully saturated rings. The SMILES string of the molecule is Cc1cc(Nc2nccc(C(F)(F)F)n2)cc(-c2sc(N3CCCNC(=O)C3)nc2Cl)c1. The Morgan fingerprint density at radius 3 is 2.84 bits per heavy atom. The highest BCUT2D eigenvalue weighted by molar-refractivity contribution is 7.19. The van der Waals surface area contributed by atoms with Gasteiger partial charge in [-0.15, -0.1) is 0 Å². The van der Waals surface area contributed by atoms with Crippen molar-refractivity contribution >= 4 is 45.6 Å². The van der Waals surface area contributed by atoms with Gasteiger partial charge in [-0.05, 0) is 42.7 Å². The lowest BCUT2D eigenvalue weighted by molar-refractivity contribution is -0.141. The maximum Gasteiger partial charge on any atom is 0.433 e. The van der Waals surface area contributed by atoms with Crippen molar-refractivity contribution in [1.82, 2.24) is 20.3 Å². The Morgan fingerprint density at radius 1 is 1.25 bits per heavy atom. The van der Waals surface area contributed by atoms with E-state index < -0.39 is 11.9 Å². The first kappa shape index (κ1) is 22.3. The van der Waals surface area contributed by atoms with Crippen LogP contribution < -0.4 is 15.5 Å². The number of halogens is 4. The second kappa shape index (κ2) is 8.91. The van der Waals surface area contributed by atoms with Gasteiger partial charge in [0.05, 0.1) is 11.4 Å². The molecule has 0 bridgehead atoms. The zero-order valence-corrected chi connectivity index (χ0v) is 18.4. The van der Waals surface area contributed by atoms with E-state index in [-0.39, 0.29) is 18.4 Å². The average Bonchev–Trinajstić information content (AvgIpc) is 2.97. The predicted octanol–water partition coefficient (Wildman–Crippen LogP) is 4.65. The van der Waals surface area contributed by atoms with E-state index in [4.69, 9.17) is 11.6 Å². The molecule has 12 heteroatoms. The molecule has 2 aromatic heterocycles. The van der Waals surface area contributed by atoms with Gasteiger partial charge in [-0.2, -0.15) is 13.2 Å². The van der Waals surface area contributed by atoms with Gasteiger partial charge in [-0.3, -0.25) is 4.79 Å². The number of nitrogens with one attached hydrogen (secondary N) is 2. The van der Waals surface area contributed by atoms with Crippen LogP contribution in [0.3, 0.4) is 0 Å². The summed E-state index contributed by atoms with van der Waals surface area (Å²) in [5, 5.41) is 6.58. The van der Waals surface area contributed by atoms with Crippen molar-refractivity contribution in [3.05, 3.63) is 46.9 Å². The smallest absolute Gasteiger partial charge is 0.354 e. The van der Waals surface area contributed by atoms with Gasteiger partial charge in [-0.1, -0.05) is 29.0 Å². The van der Waals surface area contributed by atoms with Crippen LogP contribution in [0.4, 0.5) is 29.9 Å². The molecular formula is C20H18ClF3N6OS. The fourth-order valence-corrected chi connectivity index (χ4v) is 4.59. The van der Waals surface area contributed by atoms with E-state index in [0.717, 1.165) is 29.8 Å². The van der Waals surface area contributed by atoms with Crippen LogP contribution in [-0.2, 0) is 11.0 Å². The zero-order valence-electron chi connectivity index (χ0n) is 16.8. The molecule has 7 nitrogen and oxygen atoms in total. The number of nitrogens with zero attached hydrogens (tertiary/aromatic N) is 4. The quantitative estimate of drug-likeness (QED) is 0.563. The first-order valence-corrected chi connectivity index (χ1v) is 10.9. The summed E-state index contributed by atoms with van der Waals surface area (Å²) < 4.78 is 38.8. The van der Waals surface area contributed by atoms with Crippen LogP contribution in [0, 0.1) is 6.92 Å². The van der Waals surface area contributed by atoms with E-state index in [2.05, 4.69) is 25.6 Å². The molecule has 1 saturated heterocycles.